The highest BCUT2D eigenvalue weighted by Crippen LogP contribution is 2.28. The van der Waals surface area contributed by atoms with Crippen LogP contribution in [0, 0.1) is 0 Å². The molecule has 1 fully saturated rings. The lowest BCUT2D eigenvalue weighted by molar-refractivity contribution is 0.245. The lowest BCUT2D eigenvalue weighted by atomic mass is 10.1. The Labute approximate surface area is 203 Å². The van der Waals surface area contributed by atoms with Crippen molar-refractivity contribution in [2.24, 2.45) is 4.99 Å². The second-order valence-electron chi connectivity index (χ2n) is 7.43. The van der Waals surface area contributed by atoms with Gasteiger partial charge in [-0.05, 0) is 56.1 Å². The number of aliphatic imine (C=N–C) groups is 1. The van der Waals surface area contributed by atoms with Crippen molar-refractivity contribution in [1.29, 1.82) is 0 Å². The number of hydrogen-bond donors (Lipinski definition) is 2. The zero-order valence-electron chi connectivity index (χ0n) is 18.8. The molecule has 7 heteroatoms. The van der Waals surface area contributed by atoms with Gasteiger partial charge in [0.2, 0.25) is 0 Å². The fraction of sp³-hybridized carbons (Fsp3) is 0.458. The quantitative estimate of drug-likeness (QED) is 0.285. The molecule has 0 spiro atoms. The highest BCUT2D eigenvalue weighted by molar-refractivity contribution is 14.0. The largest absolute Gasteiger partial charge is 0.493 e. The third kappa shape index (κ3) is 7.28. The minimum absolute atomic E-state index is 0. The molecule has 6 nitrogen and oxygen atoms in total. The van der Waals surface area contributed by atoms with Crippen LogP contribution in [0.15, 0.2) is 53.5 Å². The van der Waals surface area contributed by atoms with E-state index in [-0.39, 0.29) is 24.0 Å². The number of benzene rings is 2. The van der Waals surface area contributed by atoms with Crippen LogP contribution in [0.4, 0.5) is 0 Å². The third-order valence-electron chi connectivity index (χ3n) is 5.44. The highest BCUT2D eigenvalue weighted by Gasteiger charge is 2.23. The molecule has 1 unspecified atom stereocenters. The minimum Gasteiger partial charge on any atom is -0.493 e. The molecule has 0 saturated carbocycles. The summed E-state index contributed by atoms with van der Waals surface area (Å²) in [7, 11) is 3.30. The predicted molar refractivity (Wildman–Crippen MR) is 138 cm³/mol. The van der Waals surface area contributed by atoms with Crippen LogP contribution in [0.1, 0.15) is 36.9 Å². The van der Waals surface area contributed by atoms with E-state index in [2.05, 4.69) is 52.8 Å². The Hall–Kier alpha value is -2.00. The third-order valence-corrected chi connectivity index (χ3v) is 5.44. The second-order valence-corrected chi connectivity index (χ2v) is 7.43. The fourth-order valence-corrected chi connectivity index (χ4v) is 3.87. The number of hydrogen-bond acceptors (Lipinski definition) is 4. The van der Waals surface area contributed by atoms with Crippen molar-refractivity contribution in [3.63, 3.8) is 0 Å². The van der Waals surface area contributed by atoms with Gasteiger partial charge < -0.3 is 20.1 Å². The van der Waals surface area contributed by atoms with Crippen LogP contribution >= 0.6 is 24.0 Å². The summed E-state index contributed by atoms with van der Waals surface area (Å²) in [6.07, 6.45) is 2.55. The van der Waals surface area contributed by atoms with E-state index in [9.17, 15) is 0 Å². The first-order chi connectivity index (χ1) is 14.7. The summed E-state index contributed by atoms with van der Waals surface area (Å²) in [5.41, 5.74) is 2.42. The zero-order chi connectivity index (χ0) is 21.2. The molecule has 1 heterocycles. The number of ether oxygens (including phenoxy) is 2. The van der Waals surface area contributed by atoms with E-state index in [0.717, 1.165) is 49.2 Å². The molecule has 2 aromatic rings. The van der Waals surface area contributed by atoms with E-state index >= 15 is 0 Å². The van der Waals surface area contributed by atoms with Gasteiger partial charge in [-0.3, -0.25) is 4.90 Å². The van der Waals surface area contributed by atoms with Crippen molar-refractivity contribution in [3.05, 3.63) is 59.7 Å². The van der Waals surface area contributed by atoms with Gasteiger partial charge in [0.05, 0.1) is 26.8 Å². The maximum Gasteiger partial charge on any atom is 0.191 e. The molecule has 0 radical (unpaired) electrons. The van der Waals surface area contributed by atoms with Crippen LogP contribution in [0.5, 0.6) is 11.5 Å². The molecule has 0 amide bonds. The van der Waals surface area contributed by atoms with Crippen LogP contribution in [0.2, 0.25) is 0 Å². The van der Waals surface area contributed by atoms with E-state index in [4.69, 9.17) is 14.5 Å². The van der Waals surface area contributed by atoms with Gasteiger partial charge in [0.25, 0.3) is 0 Å². The van der Waals surface area contributed by atoms with Crippen LogP contribution in [-0.4, -0.2) is 51.3 Å². The maximum absolute atomic E-state index is 5.41. The summed E-state index contributed by atoms with van der Waals surface area (Å²) in [6.45, 7) is 6.60. The summed E-state index contributed by atoms with van der Waals surface area (Å²) < 4.78 is 10.7. The fourth-order valence-electron chi connectivity index (χ4n) is 3.87. The Bertz CT molecular complexity index is 810. The molecular weight excluding hydrogens is 503 g/mol. The minimum atomic E-state index is 0. The van der Waals surface area contributed by atoms with Crippen molar-refractivity contribution >= 4 is 29.9 Å². The van der Waals surface area contributed by atoms with E-state index in [0.29, 0.717) is 12.6 Å². The number of rotatable bonds is 9. The number of methoxy groups -OCH3 is 2. The highest BCUT2D eigenvalue weighted by atomic mass is 127. The average Bonchev–Trinajstić information content (AvgIpc) is 3.32. The monoisotopic (exact) mass is 538 g/mol. The molecule has 3 rings (SSSR count). The summed E-state index contributed by atoms with van der Waals surface area (Å²) in [4.78, 5) is 7.36. The van der Waals surface area contributed by atoms with Crippen molar-refractivity contribution in [3.8, 4) is 11.5 Å². The first-order valence-corrected chi connectivity index (χ1v) is 10.8. The van der Waals surface area contributed by atoms with Gasteiger partial charge in [-0.15, -0.1) is 24.0 Å². The molecule has 170 valence electrons. The summed E-state index contributed by atoms with van der Waals surface area (Å²) in [5.74, 6) is 2.28. The standard InChI is InChI=1S/C24H34N4O2.HI/c1-4-25-24(26-17-19-12-13-22(29-2)23(16-19)30-3)27-18-21(28-14-8-9-15-28)20-10-6-5-7-11-20;/h5-7,10-13,16,21H,4,8-9,14-15,17-18H2,1-3H3,(H2,25,26,27);1H. The van der Waals surface area contributed by atoms with E-state index < -0.39 is 0 Å². The first-order valence-electron chi connectivity index (χ1n) is 10.8. The van der Waals surface area contributed by atoms with Crippen molar-refractivity contribution in [1.82, 2.24) is 15.5 Å². The molecule has 2 aromatic carbocycles. The van der Waals surface area contributed by atoms with Gasteiger partial charge in [-0.1, -0.05) is 36.4 Å². The Morgan fingerprint density at radius 1 is 1.00 bits per heavy atom. The number of nitrogens with one attached hydrogen (secondary N) is 2. The number of guanidine groups is 1. The van der Waals surface area contributed by atoms with Gasteiger partial charge in [0.1, 0.15) is 0 Å². The van der Waals surface area contributed by atoms with E-state index in [1.807, 2.05) is 18.2 Å². The maximum atomic E-state index is 5.41. The Balaban J connectivity index is 0.00000341. The predicted octanol–water partition coefficient (Wildman–Crippen LogP) is 4.21. The Morgan fingerprint density at radius 3 is 2.35 bits per heavy atom. The molecule has 0 aliphatic carbocycles. The Kier molecular flexibility index (Phi) is 10.9. The van der Waals surface area contributed by atoms with Gasteiger partial charge in [0, 0.05) is 13.1 Å². The second kappa shape index (κ2) is 13.4. The average molecular weight is 538 g/mol. The van der Waals surface area contributed by atoms with E-state index in [1.165, 1.54) is 18.4 Å². The van der Waals surface area contributed by atoms with Gasteiger partial charge in [-0.25, -0.2) is 4.99 Å². The lowest BCUT2D eigenvalue weighted by Gasteiger charge is -2.29. The van der Waals surface area contributed by atoms with Crippen molar-refractivity contribution < 1.29 is 9.47 Å². The molecule has 1 atom stereocenters. The van der Waals surface area contributed by atoms with Gasteiger partial charge >= 0.3 is 0 Å². The lowest BCUT2D eigenvalue weighted by Crippen LogP contribution is -2.42. The summed E-state index contributed by atoms with van der Waals surface area (Å²) >= 11 is 0. The van der Waals surface area contributed by atoms with Gasteiger partial charge in [0.15, 0.2) is 17.5 Å². The number of likely N-dealkylation sites (tertiary alicyclic amines) is 1. The van der Waals surface area contributed by atoms with E-state index in [1.54, 1.807) is 14.2 Å². The molecule has 0 aromatic heterocycles. The zero-order valence-corrected chi connectivity index (χ0v) is 21.1. The molecule has 31 heavy (non-hydrogen) atoms. The van der Waals surface area contributed by atoms with Crippen LogP contribution in [0.3, 0.4) is 0 Å². The summed E-state index contributed by atoms with van der Waals surface area (Å²) in [6, 6.07) is 17.0. The Morgan fingerprint density at radius 2 is 1.71 bits per heavy atom. The molecule has 1 saturated heterocycles. The van der Waals surface area contributed by atoms with Crippen LogP contribution in [-0.2, 0) is 6.54 Å². The first kappa shape index (κ1) is 25.3. The normalized spacial score (nSPS) is 15.1. The topological polar surface area (TPSA) is 58.1 Å². The smallest absolute Gasteiger partial charge is 0.191 e. The number of halogens is 1. The molecule has 0 bridgehead atoms. The van der Waals surface area contributed by atoms with Crippen LogP contribution < -0.4 is 20.1 Å². The molecule has 1 aliphatic rings. The summed E-state index contributed by atoms with van der Waals surface area (Å²) in [5, 5.41) is 6.92. The van der Waals surface area contributed by atoms with Gasteiger partial charge in [-0.2, -0.15) is 0 Å². The molecule has 1 aliphatic heterocycles. The van der Waals surface area contributed by atoms with Crippen molar-refractivity contribution in [2.75, 3.05) is 40.4 Å². The van der Waals surface area contributed by atoms with Crippen LogP contribution in [0.25, 0.3) is 0 Å². The molecular formula is C24H35IN4O2. The molecule has 2 N–H and O–H groups in total. The SMILES string of the molecule is CCNC(=NCc1ccc(OC)c(OC)c1)NCC(c1ccccc1)N1CCCC1.I. The number of nitrogens with zero attached hydrogens (tertiary/aromatic N) is 2. The van der Waals surface area contributed by atoms with Crippen molar-refractivity contribution in [2.45, 2.75) is 32.4 Å².